The number of hydrogen-bond donors (Lipinski definition) is 1. The highest BCUT2D eigenvalue weighted by atomic mass is 32.1. The third-order valence-corrected chi connectivity index (χ3v) is 5.51. The number of thiophene rings is 1. The first-order valence-corrected chi connectivity index (χ1v) is 9.06. The SMILES string of the molecule is COc1cc2c(cc1OC)C(c1cccs1)N(C(=O)c1cn[nH]n1)CC2. The highest BCUT2D eigenvalue weighted by Gasteiger charge is 2.35. The predicted molar refractivity (Wildman–Crippen MR) is 96.8 cm³/mol. The van der Waals surface area contributed by atoms with E-state index < -0.39 is 0 Å². The number of aromatic nitrogens is 3. The molecule has 2 aromatic heterocycles. The maximum absolute atomic E-state index is 13.0. The zero-order valence-electron chi connectivity index (χ0n) is 14.4. The molecule has 7 nitrogen and oxygen atoms in total. The quantitative estimate of drug-likeness (QED) is 0.764. The molecule has 0 aliphatic carbocycles. The topological polar surface area (TPSA) is 80.3 Å². The summed E-state index contributed by atoms with van der Waals surface area (Å²) in [5.41, 5.74) is 2.52. The third-order valence-electron chi connectivity index (χ3n) is 4.58. The summed E-state index contributed by atoms with van der Waals surface area (Å²) < 4.78 is 10.9. The van der Waals surface area contributed by atoms with Crippen molar-refractivity contribution in [2.45, 2.75) is 12.5 Å². The molecule has 1 N–H and O–H groups in total. The number of fused-ring (bicyclic) bond motifs is 1. The lowest BCUT2D eigenvalue weighted by molar-refractivity contribution is 0.0690. The van der Waals surface area contributed by atoms with E-state index in [1.165, 1.54) is 6.20 Å². The fourth-order valence-corrected chi connectivity index (χ4v) is 4.22. The van der Waals surface area contributed by atoms with Crippen molar-refractivity contribution in [3.05, 3.63) is 57.5 Å². The van der Waals surface area contributed by atoms with Crippen LogP contribution in [0, 0.1) is 0 Å². The Balaban J connectivity index is 1.83. The number of H-pyrrole nitrogens is 1. The van der Waals surface area contributed by atoms with Crippen LogP contribution in [0.3, 0.4) is 0 Å². The number of nitrogens with zero attached hydrogens (tertiary/aromatic N) is 3. The van der Waals surface area contributed by atoms with Gasteiger partial charge in [-0.25, -0.2) is 0 Å². The second-order valence-electron chi connectivity index (χ2n) is 5.93. The summed E-state index contributed by atoms with van der Waals surface area (Å²) in [7, 11) is 3.25. The van der Waals surface area contributed by atoms with Gasteiger partial charge in [0.15, 0.2) is 17.2 Å². The van der Waals surface area contributed by atoms with Crippen molar-refractivity contribution >= 4 is 17.2 Å². The lowest BCUT2D eigenvalue weighted by Gasteiger charge is -2.37. The van der Waals surface area contributed by atoms with Crippen LogP contribution in [0.2, 0.25) is 0 Å². The maximum atomic E-state index is 13.0. The molecule has 1 atom stereocenters. The van der Waals surface area contributed by atoms with Crippen molar-refractivity contribution in [2.24, 2.45) is 0 Å². The number of amides is 1. The van der Waals surface area contributed by atoms with Crippen LogP contribution >= 0.6 is 11.3 Å². The van der Waals surface area contributed by atoms with E-state index in [2.05, 4.69) is 15.4 Å². The van der Waals surface area contributed by atoms with Gasteiger partial charge in [-0.3, -0.25) is 4.79 Å². The smallest absolute Gasteiger partial charge is 0.276 e. The standard InChI is InChI=1S/C18H18N4O3S/c1-24-14-8-11-5-6-22(18(23)13-10-19-21-20-13)17(16-4-3-7-26-16)12(11)9-15(14)25-2/h3-4,7-10,17H,5-6H2,1-2H3,(H,19,20,21). The number of benzene rings is 1. The highest BCUT2D eigenvalue weighted by molar-refractivity contribution is 7.10. The van der Waals surface area contributed by atoms with E-state index in [0.717, 1.165) is 22.4 Å². The monoisotopic (exact) mass is 370 g/mol. The average Bonchev–Trinajstić information content (AvgIpc) is 3.39. The number of carbonyl (C=O) groups excluding carboxylic acids is 1. The Labute approximate surface area is 154 Å². The molecule has 0 saturated heterocycles. The van der Waals surface area contributed by atoms with Gasteiger partial charge >= 0.3 is 0 Å². The Morgan fingerprint density at radius 1 is 1.31 bits per heavy atom. The molecule has 4 rings (SSSR count). The van der Waals surface area contributed by atoms with Crippen LogP contribution < -0.4 is 9.47 Å². The minimum absolute atomic E-state index is 0.141. The Morgan fingerprint density at radius 2 is 2.12 bits per heavy atom. The molecular weight excluding hydrogens is 352 g/mol. The van der Waals surface area contributed by atoms with Crippen LogP contribution in [0.25, 0.3) is 0 Å². The van der Waals surface area contributed by atoms with Crippen LogP contribution in [0.1, 0.15) is 32.5 Å². The van der Waals surface area contributed by atoms with E-state index in [1.807, 2.05) is 34.5 Å². The van der Waals surface area contributed by atoms with Crippen LogP contribution in [0.4, 0.5) is 0 Å². The van der Waals surface area contributed by atoms with Gasteiger partial charge in [0.2, 0.25) is 0 Å². The molecule has 1 aliphatic heterocycles. The van der Waals surface area contributed by atoms with Crippen LogP contribution in [0.5, 0.6) is 11.5 Å². The summed E-state index contributed by atoms with van der Waals surface area (Å²) in [6.07, 6.45) is 2.19. The van der Waals surface area contributed by atoms with Crippen molar-refractivity contribution in [2.75, 3.05) is 20.8 Å². The van der Waals surface area contributed by atoms with Crippen LogP contribution in [-0.4, -0.2) is 47.0 Å². The van der Waals surface area contributed by atoms with Gasteiger partial charge in [-0.2, -0.15) is 15.4 Å². The van der Waals surface area contributed by atoms with Gasteiger partial charge in [-0.1, -0.05) is 6.07 Å². The first kappa shape index (κ1) is 16.6. The second-order valence-corrected chi connectivity index (χ2v) is 6.91. The summed E-state index contributed by atoms with van der Waals surface area (Å²) in [6, 6.07) is 7.83. The van der Waals surface area contributed by atoms with Crippen molar-refractivity contribution in [1.82, 2.24) is 20.3 Å². The largest absolute Gasteiger partial charge is 0.493 e. The summed E-state index contributed by atoms with van der Waals surface area (Å²) in [5, 5.41) is 12.2. The summed E-state index contributed by atoms with van der Waals surface area (Å²) in [5.74, 6) is 1.22. The zero-order valence-corrected chi connectivity index (χ0v) is 15.2. The van der Waals surface area contributed by atoms with E-state index in [9.17, 15) is 4.79 Å². The van der Waals surface area contributed by atoms with Gasteiger partial charge in [-0.15, -0.1) is 11.3 Å². The van der Waals surface area contributed by atoms with Crippen molar-refractivity contribution in [3.8, 4) is 11.5 Å². The molecule has 0 fully saturated rings. The molecule has 1 unspecified atom stereocenters. The van der Waals surface area contributed by atoms with Crippen LogP contribution in [-0.2, 0) is 6.42 Å². The first-order valence-electron chi connectivity index (χ1n) is 8.18. The van der Waals surface area contributed by atoms with Gasteiger partial charge in [0.1, 0.15) is 0 Å². The molecule has 1 amide bonds. The zero-order chi connectivity index (χ0) is 18.1. The van der Waals surface area contributed by atoms with E-state index in [-0.39, 0.29) is 11.9 Å². The molecule has 1 aliphatic rings. The number of ether oxygens (including phenoxy) is 2. The summed E-state index contributed by atoms with van der Waals surface area (Å²) >= 11 is 1.63. The molecule has 26 heavy (non-hydrogen) atoms. The van der Waals surface area contributed by atoms with Crippen molar-refractivity contribution < 1.29 is 14.3 Å². The number of nitrogens with one attached hydrogen (secondary N) is 1. The fraction of sp³-hybridized carbons (Fsp3) is 0.278. The normalized spacial score (nSPS) is 16.2. The molecule has 0 bridgehead atoms. The number of carbonyl (C=O) groups is 1. The maximum Gasteiger partial charge on any atom is 0.276 e. The lowest BCUT2D eigenvalue weighted by Crippen LogP contribution is -2.40. The van der Waals surface area contributed by atoms with E-state index in [0.29, 0.717) is 23.7 Å². The molecule has 134 valence electrons. The Morgan fingerprint density at radius 3 is 2.77 bits per heavy atom. The molecule has 8 heteroatoms. The molecule has 1 aromatic carbocycles. The summed E-state index contributed by atoms with van der Waals surface area (Å²) in [4.78, 5) is 15.9. The molecule has 0 radical (unpaired) electrons. The molecule has 3 aromatic rings. The van der Waals surface area contributed by atoms with Gasteiger partial charge in [0.05, 0.1) is 26.5 Å². The number of methoxy groups -OCH3 is 2. The molecule has 0 saturated carbocycles. The third kappa shape index (κ3) is 2.72. The Hall–Kier alpha value is -2.87. The number of aromatic amines is 1. The van der Waals surface area contributed by atoms with E-state index in [1.54, 1.807) is 25.6 Å². The molecular formula is C18H18N4O3S. The van der Waals surface area contributed by atoms with E-state index >= 15 is 0 Å². The molecule has 3 heterocycles. The highest BCUT2D eigenvalue weighted by Crippen LogP contribution is 2.42. The van der Waals surface area contributed by atoms with Gasteiger partial charge in [0.25, 0.3) is 5.91 Å². The Kier molecular flexibility index (Phi) is 4.34. The molecule has 0 spiro atoms. The predicted octanol–water partition coefficient (Wildman–Crippen LogP) is 2.67. The van der Waals surface area contributed by atoms with Gasteiger partial charge < -0.3 is 14.4 Å². The first-order chi connectivity index (χ1) is 12.7. The van der Waals surface area contributed by atoms with Crippen LogP contribution in [0.15, 0.2) is 35.8 Å². The Bertz CT molecular complexity index is 909. The lowest BCUT2D eigenvalue weighted by atomic mass is 9.90. The van der Waals surface area contributed by atoms with Gasteiger partial charge in [0, 0.05) is 11.4 Å². The number of rotatable bonds is 4. The van der Waals surface area contributed by atoms with E-state index in [4.69, 9.17) is 9.47 Å². The van der Waals surface area contributed by atoms with Crippen molar-refractivity contribution in [1.29, 1.82) is 0 Å². The minimum atomic E-state index is -0.192. The minimum Gasteiger partial charge on any atom is -0.493 e. The average molecular weight is 370 g/mol. The van der Waals surface area contributed by atoms with Crippen molar-refractivity contribution in [3.63, 3.8) is 0 Å². The fourth-order valence-electron chi connectivity index (χ4n) is 3.37. The second kappa shape index (κ2) is 6.80. The van der Waals surface area contributed by atoms with Gasteiger partial charge in [-0.05, 0) is 41.1 Å². The number of hydrogen-bond acceptors (Lipinski definition) is 6. The summed E-state index contributed by atoms with van der Waals surface area (Å²) in [6.45, 7) is 0.594.